The van der Waals surface area contributed by atoms with Gasteiger partial charge in [0.05, 0.1) is 0 Å². The highest BCUT2D eigenvalue weighted by atomic mass is 35.5. The molecule has 0 bridgehead atoms. The lowest BCUT2D eigenvalue weighted by molar-refractivity contribution is 0.280. The Balaban J connectivity index is 2.30. The number of halogens is 2. The van der Waals surface area contributed by atoms with Crippen molar-refractivity contribution in [1.82, 2.24) is 5.32 Å². The van der Waals surface area contributed by atoms with E-state index in [9.17, 15) is 0 Å². The second-order valence-electron chi connectivity index (χ2n) is 5.61. The molecule has 0 atom stereocenters. The fourth-order valence-electron chi connectivity index (χ4n) is 3.25. The molecule has 1 aromatic carbocycles. The van der Waals surface area contributed by atoms with Crippen LogP contribution in [0.15, 0.2) is 18.2 Å². The molecule has 0 radical (unpaired) electrons. The van der Waals surface area contributed by atoms with Crippen molar-refractivity contribution in [3.8, 4) is 0 Å². The van der Waals surface area contributed by atoms with Crippen molar-refractivity contribution in [2.24, 2.45) is 0 Å². The van der Waals surface area contributed by atoms with Crippen molar-refractivity contribution in [3.05, 3.63) is 33.8 Å². The van der Waals surface area contributed by atoms with Crippen LogP contribution in [0.5, 0.6) is 0 Å². The Morgan fingerprint density at radius 1 is 1.11 bits per heavy atom. The molecule has 1 aliphatic rings. The number of benzene rings is 1. The summed E-state index contributed by atoms with van der Waals surface area (Å²) in [7, 11) is 0. The maximum atomic E-state index is 6.45. The van der Waals surface area contributed by atoms with Gasteiger partial charge in [-0.15, -0.1) is 0 Å². The van der Waals surface area contributed by atoms with E-state index >= 15 is 0 Å². The molecule has 0 saturated heterocycles. The monoisotopic (exact) mass is 299 g/mol. The molecule has 0 spiro atoms. The predicted octanol–water partition coefficient (Wildman–Crippen LogP) is 5.19. The van der Waals surface area contributed by atoms with E-state index in [1.54, 1.807) is 0 Å². The van der Waals surface area contributed by atoms with Gasteiger partial charge >= 0.3 is 0 Å². The highest BCUT2D eigenvalue weighted by Gasteiger charge is 2.36. The highest BCUT2D eigenvalue weighted by Crippen LogP contribution is 2.44. The third-order valence-electron chi connectivity index (χ3n) is 4.19. The van der Waals surface area contributed by atoms with Crippen LogP contribution in [0, 0.1) is 0 Å². The van der Waals surface area contributed by atoms with Gasteiger partial charge in [0.1, 0.15) is 0 Å². The zero-order valence-electron chi connectivity index (χ0n) is 11.6. The summed E-state index contributed by atoms with van der Waals surface area (Å²) >= 11 is 12.9. The van der Waals surface area contributed by atoms with Crippen LogP contribution in [0.3, 0.4) is 0 Å². The van der Waals surface area contributed by atoms with Crippen LogP contribution >= 0.6 is 23.2 Å². The molecule has 106 valence electrons. The minimum atomic E-state index is 0.128. The topological polar surface area (TPSA) is 12.0 Å². The fourth-order valence-corrected chi connectivity index (χ4v) is 4.05. The third kappa shape index (κ3) is 3.45. The van der Waals surface area contributed by atoms with E-state index in [1.165, 1.54) is 37.7 Å². The summed E-state index contributed by atoms with van der Waals surface area (Å²) in [6, 6.07) is 5.88. The summed E-state index contributed by atoms with van der Waals surface area (Å²) in [6.07, 6.45) is 7.41. The van der Waals surface area contributed by atoms with Gasteiger partial charge in [-0.2, -0.15) is 0 Å². The van der Waals surface area contributed by atoms with E-state index in [2.05, 4.69) is 12.2 Å². The first-order valence-corrected chi connectivity index (χ1v) is 8.10. The van der Waals surface area contributed by atoms with Gasteiger partial charge in [0.2, 0.25) is 0 Å². The van der Waals surface area contributed by atoms with Crippen LogP contribution in [0.25, 0.3) is 0 Å². The average molecular weight is 300 g/mol. The molecule has 3 heteroatoms. The summed E-state index contributed by atoms with van der Waals surface area (Å²) in [6.45, 7) is 4.25. The lowest BCUT2D eigenvalue weighted by Crippen LogP contribution is -2.40. The van der Waals surface area contributed by atoms with Crippen molar-refractivity contribution in [2.75, 3.05) is 13.1 Å². The van der Waals surface area contributed by atoms with Gasteiger partial charge in [0.25, 0.3) is 0 Å². The van der Waals surface area contributed by atoms with E-state index in [0.717, 1.165) is 29.6 Å². The first-order chi connectivity index (χ1) is 9.19. The van der Waals surface area contributed by atoms with Crippen molar-refractivity contribution in [3.63, 3.8) is 0 Å². The second kappa shape index (κ2) is 6.97. The normalized spacial score (nSPS) is 18.5. The lowest BCUT2D eigenvalue weighted by Gasteiger charge is -2.39. The van der Waals surface area contributed by atoms with E-state index < -0.39 is 0 Å². The second-order valence-corrected chi connectivity index (χ2v) is 6.43. The summed E-state index contributed by atoms with van der Waals surface area (Å²) < 4.78 is 0. The van der Waals surface area contributed by atoms with E-state index in [1.807, 2.05) is 18.2 Å². The lowest BCUT2D eigenvalue weighted by atomic mass is 9.69. The number of rotatable bonds is 5. The van der Waals surface area contributed by atoms with Gasteiger partial charge < -0.3 is 5.32 Å². The Labute approximate surface area is 126 Å². The van der Waals surface area contributed by atoms with Gasteiger partial charge in [0, 0.05) is 22.0 Å². The third-order valence-corrected chi connectivity index (χ3v) is 4.82. The Kier molecular flexibility index (Phi) is 5.56. The zero-order chi connectivity index (χ0) is 13.7. The van der Waals surface area contributed by atoms with E-state index in [-0.39, 0.29) is 5.41 Å². The van der Waals surface area contributed by atoms with Gasteiger partial charge in [0.15, 0.2) is 0 Å². The Hall–Kier alpha value is -0.240. The fraction of sp³-hybridized carbons (Fsp3) is 0.625. The summed E-state index contributed by atoms with van der Waals surface area (Å²) in [4.78, 5) is 0. The van der Waals surface area contributed by atoms with Crippen LogP contribution in [-0.4, -0.2) is 13.1 Å². The molecule has 0 aromatic heterocycles. The molecule has 0 heterocycles. The van der Waals surface area contributed by atoms with Crippen molar-refractivity contribution in [1.29, 1.82) is 0 Å². The zero-order valence-corrected chi connectivity index (χ0v) is 13.2. The molecule has 1 fully saturated rings. The van der Waals surface area contributed by atoms with Gasteiger partial charge in [-0.25, -0.2) is 0 Å². The van der Waals surface area contributed by atoms with Crippen LogP contribution in [0.4, 0.5) is 0 Å². The van der Waals surface area contributed by atoms with Gasteiger partial charge in [-0.1, -0.05) is 55.5 Å². The molecule has 1 saturated carbocycles. The number of nitrogens with one attached hydrogen (secondary N) is 1. The smallest absolute Gasteiger partial charge is 0.0459 e. The largest absolute Gasteiger partial charge is 0.316 e. The minimum Gasteiger partial charge on any atom is -0.316 e. The first kappa shape index (κ1) is 15.2. The highest BCUT2D eigenvalue weighted by molar-refractivity contribution is 6.36. The summed E-state index contributed by atoms with van der Waals surface area (Å²) in [5, 5.41) is 5.23. The maximum absolute atomic E-state index is 6.45. The first-order valence-electron chi connectivity index (χ1n) is 7.35. The van der Waals surface area contributed by atoms with Crippen LogP contribution in [0.1, 0.15) is 51.0 Å². The summed E-state index contributed by atoms with van der Waals surface area (Å²) in [5.74, 6) is 0. The standard InChI is InChI=1S/C16H23Cl2N/c1-2-11-19-12-16(9-4-3-5-10-16)15-13(17)7-6-8-14(15)18/h6-8,19H,2-5,9-12H2,1H3. The SMILES string of the molecule is CCCNCC1(c2c(Cl)cccc2Cl)CCCCC1. The molecule has 1 aliphatic carbocycles. The average Bonchev–Trinajstić information content (AvgIpc) is 2.40. The molecule has 0 unspecified atom stereocenters. The number of hydrogen-bond acceptors (Lipinski definition) is 1. The van der Waals surface area contributed by atoms with Crippen LogP contribution < -0.4 is 5.32 Å². The quantitative estimate of drug-likeness (QED) is 0.737. The molecule has 0 amide bonds. The van der Waals surface area contributed by atoms with Crippen molar-refractivity contribution in [2.45, 2.75) is 50.9 Å². The molecular weight excluding hydrogens is 277 g/mol. The molecule has 1 N–H and O–H groups in total. The number of hydrogen-bond donors (Lipinski definition) is 1. The van der Waals surface area contributed by atoms with E-state index in [0.29, 0.717) is 0 Å². The summed E-state index contributed by atoms with van der Waals surface area (Å²) in [5.41, 5.74) is 1.30. The Bertz CT molecular complexity index is 391. The molecule has 1 nitrogen and oxygen atoms in total. The van der Waals surface area contributed by atoms with Crippen molar-refractivity contribution < 1.29 is 0 Å². The Morgan fingerprint density at radius 2 is 1.74 bits per heavy atom. The molecule has 2 rings (SSSR count). The van der Waals surface area contributed by atoms with E-state index in [4.69, 9.17) is 23.2 Å². The van der Waals surface area contributed by atoms with Crippen LogP contribution in [0.2, 0.25) is 10.0 Å². The molecule has 1 aromatic rings. The van der Waals surface area contributed by atoms with Crippen LogP contribution in [-0.2, 0) is 5.41 Å². The molecular formula is C16H23Cl2N. The van der Waals surface area contributed by atoms with Crippen molar-refractivity contribution >= 4 is 23.2 Å². The van der Waals surface area contributed by atoms with Gasteiger partial charge in [-0.3, -0.25) is 0 Å². The molecule has 19 heavy (non-hydrogen) atoms. The maximum Gasteiger partial charge on any atom is 0.0459 e. The predicted molar refractivity (Wildman–Crippen MR) is 84.4 cm³/mol. The molecule has 0 aliphatic heterocycles. The van der Waals surface area contributed by atoms with Gasteiger partial charge in [-0.05, 0) is 43.5 Å². The Morgan fingerprint density at radius 3 is 2.32 bits per heavy atom. The minimum absolute atomic E-state index is 0.128.